The first-order valence-electron chi connectivity index (χ1n) is 3.27. The zero-order valence-electron chi connectivity index (χ0n) is 6.24. The van der Waals surface area contributed by atoms with Gasteiger partial charge in [-0.15, -0.1) is 0 Å². The largest absolute Gasteiger partial charge is 0.340 e. The van der Waals surface area contributed by atoms with Crippen molar-refractivity contribution >= 4 is 0 Å². The van der Waals surface area contributed by atoms with Crippen molar-refractivity contribution in [2.75, 3.05) is 0 Å². The fraction of sp³-hybridized carbons (Fsp3) is 0.250. The van der Waals surface area contributed by atoms with Crippen molar-refractivity contribution in [2.45, 2.75) is 13.5 Å². The summed E-state index contributed by atoms with van der Waals surface area (Å²) in [7, 11) is 0. The van der Waals surface area contributed by atoms with Gasteiger partial charge in [0.15, 0.2) is 5.43 Å². The van der Waals surface area contributed by atoms with Gasteiger partial charge in [0.2, 0.25) is 0 Å². The Morgan fingerprint density at radius 1 is 1.73 bits per heavy atom. The van der Waals surface area contributed by atoms with Crippen molar-refractivity contribution in [1.29, 1.82) is 5.26 Å². The maximum Gasteiger partial charge on any atom is 0.184 e. The summed E-state index contributed by atoms with van der Waals surface area (Å²) in [5.74, 6) is 0. The first kappa shape index (κ1) is 7.55. The van der Waals surface area contributed by atoms with Crippen molar-refractivity contribution in [3.05, 3.63) is 34.2 Å². The molecule has 0 aliphatic heterocycles. The number of rotatable bonds is 1. The number of nitrogens with zero attached hydrogens (tertiary/aromatic N) is 2. The first-order chi connectivity index (χ1) is 5.24. The van der Waals surface area contributed by atoms with Gasteiger partial charge in [0.1, 0.15) is 6.54 Å². The van der Waals surface area contributed by atoms with Crippen LogP contribution in [0.25, 0.3) is 0 Å². The molecule has 1 aromatic rings. The van der Waals surface area contributed by atoms with Gasteiger partial charge in [0, 0.05) is 24.0 Å². The van der Waals surface area contributed by atoms with Gasteiger partial charge in [-0.3, -0.25) is 4.79 Å². The second-order valence-electron chi connectivity index (χ2n) is 2.32. The van der Waals surface area contributed by atoms with Crippen LogP contribution >= 0.6 is 0 Å². The number of hydrogen-bond acceptors (Lipinski definition) is 2. The summed E-state index contributed by atoms with van der Waals surface area (Å²) >= 11 is 0. The molecular weight excluding hydrogens is 140 g/mol. The van der Waals surface area contributed by atoms with Gasteiger partial charge in [-0.25, -0.2) is 0 Å². The van der Waals surface area contributed by atoms with Gasteiger partial charge >= 0.3 is 0 Å². The minimum absolute atomic E-state index is 0.0131. The normalized spacial score (nSPS) is 9.09. The van der Waals surface area contributed by atoms with E-state index in [-0.39, 0.29) is 5.43 Å². The van der Waals surface area contributed by atoms with E-state index in [4.69, 9.17) is 5.26 Å². The lowest BCUT2D eigenvalue weighted by Crippen LogP contribution is -2.07. The van der Waals surface area contributed by atoms with Gasteiger partial charge in [0.05, 0.1) is 6.07 Å². The van der Waals surface area contributed by atoms with Crippen LogP contribution in [0.5, 0.6) is 0 Å². The molecule has 3 heteroatoms. The Hall–Kier alpha value is -1.56. The molecule has 0 amide bonds. The molecule has 1 heterocycles. The molecule has 56 valence electrons. The fourth-order valence-corrected chi connectivity index (χ4v) is 0.830. The molecular formula is C8H8N2O. The van der Waals surface area contributed by atoms with E-state index in [2.05, 4.69) is 0 Å². The molecule has 1 aromatic heterocycles. The van der Waals surface area contributed by atoms with Crippen molar-refractivity contribution in [3.8, 4) is 6.07 Å². The Labute approximate surface area is 64.5 Å². The zero-order valence-corrected chi connectivity index (χ0v) is 6.24. The molecule has 0 fully saturated rings. The molecule has 0 saturated heterocycles. The zero-order chi connectivity index (χ0) is 8.27. The van der Waals surface area contributed by atoms with Crippen LogP contribution in [0.1, 0.15) is 5.56 Å². The van der Waals surface area contributed by atoms with Crippen LogP contribution in [-0.2, 0) is 6.54 Å². The highest BCUT2D eigenvalue weighted by Crippen LogP contribution is 1.88. The lowest BCUT2D eigenvalue weighted by Gasteiger charge is -1.99. The number of pyridine rings is 1. The smallest absolute Gasteiger partial charge is 0.184 e. The molecule has 11 heavy (non-hydrogen) atoms. The average Bonchev–Trinajstić information content (AvgIpc) is 1.98. The van der Waals surface area contributed by atoms with Crippen LogP contribution < -0.4 is 5.43 Å². The molecule has 0 unspecified atom stereocenters. The summed E-state index contributed by atoms with van der Waals surface area (Å²) in [6.07, 6.45) is 3.28. The second-order valence-corrected chi connectivity index (χ2v) is 2.32. The van der Waals surface area contributed by atoms with Gasteiger partial charge in [-0.1, -0.05) is 0 Å². The van der Waals surface area contributed by atoms with Crippen LogP contribution in [0.15, 0.2) is 23.3 Å². The number of aromatic nitrogens is 1. The summed E-state index contributed by atoms with van der Waals surface area (Å²) in [5, 5.41) is 8.33. The molecule has 3 nitrogen and oxygen atoms in total. The Bertz CT molecular complexity index is 346. The fourth-order valence-electron chi connectivity index (χ4n) is 0.830. The molecule has 0 aliphatic carbocycles. The molecule has 0 bridgehead atoms. The van der Waals surface area contributed by atoms with Crippen LogP contribution in [-0.4, -0.2) is 4.57 Å². The van der Waals surface area contributed by atoms with Crippen molar-refractivity contribution in [3.63, 3.8) is 0 Å². The van der Waals surface area contributed by atoms with E-state index in [0.717, 1.165) is 0 Å². The topological polar surface area (TPSA) is 45.8 Å². The molecule has 0 atom stereocenters. The maximum absolute atomic E-state index is 10.9. The van der Waals surface area contributed by atoms with Gasteiger partial charge in [0.25, 0.3) is 0 Å². The highest BCUT2D eigenvalue weighted by atomic mass is 16.1. The molecule has 0 saturated carbocycles. The molecule has 0 aliphatic rings. The van der Waals surface area contributed by atoms with Crippen molar-refractivity contribution in [2.24, 2.45) is 0 Å². The van der Waals surface area contributed by atoms with Crippen LogP contribution in [0.3, 0.4) is 0 Å². The van der Waals surface area contributed by atoms with Crippen LogP contribution in [0, 0.1) is 18.3 Å². The maximum atomic E-state index is 10.9. The highest BCUT2D eigenvalue weighted by Gasteiger charge is 1.91. The molecule has 0 N–H and O–H groups in total. The van der Waals surface area contributed by atoms with Crippen molar-refractivity contribution in [1.82, 2.24) is 4.57 Å². The van der Waals surface area contributed by atoms with Gasteiger partial charge in [-0.2, -0.15) is 5.26 Å². The Kier molecular flexibility index (Phi) is 2.07. The van der Waals surface area contributed by atoms with E-state index >= 15 is 0 Å². The third-order valence-corrected chi connectivity index (χ3v) is 1.42. The van der Waals surface area contributed by atoms with E-state index in [0.29, 0.717) is 12.1 Å². The predicted octanol–water partition coefficient (Wildman–Crippen LogP) is 0.680. The first-order valence-corrected chi connectivity index (χ1v) is 3.27. The summed E-state index contributed by atoms with van der Waals surface area (Å²) in [5.41, 5.74) is 0.682. The third-order valence-electron chi connectivity index (χ3n) is 1.42. The van der Waals surface area contributed by atoms with Crippen LogP contribution in [0.4, 0.5) is 0 Å². The summed E-state index contributed by atoms with van der Waals surface area (Å²) in [4.78, 5) is 10.9. The molecule has 0 spiro atoms. The van der Waals surface area contributed by atoms with E-state index < -0.39 is 0 Å². The molecule has 1 rings (SSSR count). The number of aryl methyl sites for hydroxylation is 1. The van der Waals surface area contributed by atoms with E-state index in [9.17, 15) is 4.79 Å². The summed E-state index contributed by atoms with van der Waals surface area (Å²) in [6.45, 7) is 2.03. The summed E-state index contributed by atoms with van der Waals surface area (Å²) < 4.78 is 1.68. The Morgan fingerprint density at radius 3 is 3.00 bits per heavy atom. The minimum atomic E-state index is 0.0131. The molecule has 0 aromatic carbocycles. The molecule has 0 radical (unpaired) electrons. The lowest BCUT2D eigenvalue weighted by molar-refractivity contribution is 0.813. The Morgan fingerprint density at radius 2 is 2.45 bits per heavy atom. The average molecular weight is 148 g/mol. The predicted molar refractivity (Wildman–Crippen MR) is 41.1 cm³/mol. The van der Waals surface area contributed by atoms with Gasteiger partial charge < -0.3 is 4.57 Å². The lowest BCUT2D eigenvalue weighted by atomic mass is 10.3. The van der Waals surface area contributed by atoms with Crippen LogP contribution in [0.2, 0.25) is 0 Å². The number of nitriles is 1. The van der Waals surface area contributed by atoms with Crippen molar-refractivity contribution < 1.29 is 0 Å². The van der Waals surface area contributed by atoms with E-state index in [1.807, 2.05) is 6.07 Å². The standard InChI is InChI=1S/C8H8N2O/c1-7-6-10(5-3-9)4-2-8(7)11/h2,4,6H,5H2,1H3. The minimum Gasteiger partial charge on any atom is -0.340 e. The summed E-state index contributed by atoms with van der Waals surface area (Å²) in [6, 6.07) is 3.46. The second kappa shape index (κ2) is 3.02. The SMILES string of the molecule is Cc1cn(CC#N)ccc1=O. The van der Waals surface area contributed by atoms with E-state index in [1.54, 1.807) is 23.9 Å². The highest BCUT2D eigenvalue weighted by molar-refractivity contribution is 5.08. The Balaban J connectivity index is 3.07. The number of hydrogen-bond donors (Lipinski definition) is 0. The van der Waals surface area contributed by atoms with E-state index in [1.165, 1.54) is 6.07 Å². The third kappa shape index (κ3) is 1.68. The monoisotopic (exact) mass is 148 g/mol. The van der Waals surface area contributed by atoms with Gasteiger partial charge in [-0.05, 0) is 6.92 Å². The quantitative estimate of drug-likeness (QED) is 0.588.